The predicted molar refractivity (Wildman–Crippen MR) is 103 cm³/mol. The molecule has 0 radical (unpaired) electrons. The second kappa shape index (κ2) is 7.37. The number of anilines is 1. The van der Waals surface area contributed by atoms with Crippen LogP contribution in [0.4, 0.5) is 5.82 Å². The first-order valence-corrected chi connectivity index (χ1v) is 8.77. The van der Waals surface area contributed by atoms with Gasteiger partial charge in [0, 0.05) is 23.6 Å². The summed E-state index contributed by atoms with van der Waals surface area (Å²) in [6, 6.07) is 18.8. The maximum Gasteiger partial charge on any atom is 0.292 e. The summed E-state index contributed by atoms with van der Waals surface area (Å²) in [5.74, 6) is 1.28. The number of furan rings is 1. The summed E-state index contributed by atoms with van der Waals surface area (Å²) in [6.45, 7) is 2.85. The fraction of sp³-hybridized carbons (Fsp3) is 0.143. The number of nitrogens with one attached hydrogen (secondary N) is 1. The molecule has 6 nitrogen and oxygen atoms in total. The van der Waals surface area contributed by atoms with Crippen molar-refractivity contribution in [2.24, 2.45) is 0 Å². The van der Waals surface area contributed by atoms with Crippen LogP contribution >= 0.6 is 0 Å². The number of ether oxygens (including phenoxy) is 1. The average Bonchev–Trinajstić information content (AvgIpc) is 3.31. The van der Waals surface area contributed by atoms with Crippen LogP contribution in [-0.4, -0.2) is 15.7 Å². The van der Waals surface area contributed by atoms with Crippen LogP contribution in [0.5, 0.6) is 5.75 Å². The number of carbonyl (C=O) groups is 1. The average molecular weight is 361 g/mol. The summed E-state index contributed by atoms with van der Waals surface area (Å²) in [5.41, 5.74) is 1.37. The smallest absolute Gasteiger partial charge is 0.292 e. The molecule has 0 fully saturated rings. The molecule has 2 aromatic carbocycles. The standard InChI is InChI=1S/C21H19N3O3/c1-2-24-19(12-13-22-24)23-21(25)20-17(14-26-15-8-4-3-5-9-15)16-10-6-7-11-18(16)27-20/h3-13H,2,14H2,1H3,(H,23,25). The van der Waals surface area contributed by atoms with Crippen molar-refractivity contribution in [1.82, 2.24) is 9.78 Å². The highest BCUT2D eigenvalue weighted by atomic mass is 16.5. The van der Waals surface area contributed by atoms with Gasteiger partial charge in [-0.25, -0.2) is 4.68 Å². The van der Waals surface area contributed by atoms with E-state index in [1.807, 2.05) is 61.5 Å². The van der Waals surface area contributed by atoms with Gasteiger partial charge < -0.3 is 14.5 Å². The maximum atomic E-state index is 12.9. The van der Waals surface area contributed by atoms with E-state index in [1.54, 1.807) is 16.9 Å². The Morgan fingerprint density at radius 2 is 1.89 bits per heavy atom. The highest BCUT2D eigenvalue weighted by molar-refractivity contribution is 6.06. The van der Waals surface area contributed by atoms with Crippen molar-refractivity contribution in [2.45, 2.75) is 20.1 Å². The second-order valence-corrected chi connectivity index (χ2v) is 5.99. The number of benzene rings is 2. The van der Waals surface area contributed by atoms with Crippen LogP contribution in [-0.2, 0) is 13.2 Å². The highest BCUT2D eigenvalue weighted by Gasteiger charge is 2.22. The van der Waals surface area contributed by atoms with E-state index >= 15 is 0 Å². The third kappa shape index (κ3) is 3.42. The molecule has 1 N–H and O–H groups in total. The fourth-order valence-corrected chi connectivity index (χ4v) is 2.96. The van der Waals surface area contributed by atoms with Crippen molar-refractivity contribution >= 4 is 22.7 Å². The van der Waals surface area contributed by atoms with Gasteiger partial charge in [0.05, 0.1) is 6.20 Å². The molecule has 0 saturated heterocycles. The van der Waals surface area contributed by atoms with Gasteiger partial charge in [-0.1, -0.05) is 36.4 Å². The number of aromatic nitrogens is 2. The third-order valence-electron chi connectivity index (χ3n) is 4.29. The molecule has 2 aromatic heterocycles. The van der Waals surface area contributed by atoms with Crippen molar-refractivity contribution in [3.8, 4) is 5.75 Å². The van der Waals surface area contributed by atoms with Gasteiger partial charge in [0.25, 0.3) is 5.91 Å². The van der Waals surface area contributed by atoms with Gasteiger partial charge in [-0.2, -0.15) is 5.10 Å². The van der Waals surface area contributed by atoms with Crippen LogP contribution in [0.1, 0.15) is 23.0 Å². The Morgan fingerprint density at radius 1 is 1.11 bits per heavy atom. The fourth-order valence-electron chi connectivity index (χ4n) is 2.96. The SMILES string of the molecule is CCn1nccc1NC(=O)c1oc2ccccc2c1COc1ccccc1. The van der Waals surface area contributed by atoms with E-state index in [0.29, 0.717) is 17.9 Å². The molecule has 0 unspecified atom stereocenters. The first-order chi connectivity index (χ1) is 13.3. The van der Waals surface area contributed by atoms with E-state index in [-0.39, 0.29) is 18.3 Å². The molecule has 0 aliphatic heterocycles. The zero-order chi connectivity index (χ0) is 18.6. The quantitative estimate of drug-likeness (QED) is 0.550. The normalized spacial score (nSPS) is 10.9. The van der Waals surface area contributed by atoms with E-state index in [0.717, 1.165) is 16.7 Å². The van der Waals surface area contributed by atoms with Crippen LogP contribution in [0, 0.1) is 0 Å². The number of hydrogen-bond donors (Lipinski definition) is 1. The van der Waals surface area contributed by atoms with Crippen molar-refractivity contribution in [1.29, 1.82) is 0 Å². The van der Waals surface area contributed by atoms with E-state index in [9.17, 15) is 4.79 Å². The lowest BCUT2D eigenvalue weighted by molar-refractivity contribution is 0.0994. The van der Waals surface area contributed by atoms with E-state index < -0.39 is 0 Å². The van der Waals surface area contributed by atoms with E-state index in [2.05, 4.69) is 10.4 Å². The minimum atomic E-state index is -0.326. The van der Waals surface area contributed by atoms with Crippen LogP contribution in [0.2, 0.25) is 0 Å². The van der Waals surface area contributed by atoms with Gasteiger partial charge in [0.1, 0.15) is 23.8 Å². The number of hydrogen-bond acceptors (Lipinski definition) is 4. The second-order valence-electron chi connectivity index (χ2n) is 5.99. The van der Waals surface area contributed by atoms with Crippen molar-refractivity contribution in [3.05, 3.63) is 78.2 Å². The molecule has 0 bridgehead atoms. The summed E-state index contributed by atoms with van der Waals surface area (Å²) < 4.78 is 13.4. The van der Waals surface area contributed by atoms with Gasteiger partial charge in [0.2, 0.25) is 0 Å². The molecule has 27 heavy (non-hydrogen) atoms. The molecule has 0 aliphatic carbocycles. The molecular weight excluding hydrogens is 342 g/mol. The van der Waals surface area contributed by atoms with Crippen molar-refractivity contribution < 1.29 is 13.9 Å². The van der Waals surface area contributed by atoms with Gasteiger partial charge in [-0.15, -0.1) is 0 Å². The molecule has 4 aromatic rings. The van der Waals surface area contributed by atoms with Crippen LogP contribution < -0.4 is 10.1 Å². The maximum absolute atomic E-state index is 12.9. The third-order valence-corrected chi connectivity index (χ3v) is 4.29. The Morgan fingerprint density at radius 3 is 2.70 bits per heavy atom. The zero-order valence-electron chi connectivity index (χ0n) is 14.9. The molecule has 1 amide bonds. The van der Waals surface area contributed by atoms with Gasteiger partial charge >= 0.3 is 0 Å². The number of para-hydroxylation sites is 2. The highest BCUT2D eigenvalue weighted by Crippen LogP contribution is 2.28. The summed E-state index contributed by atoms with van der Waals surface area (Å²) in [6.07, 6.45) is 1.65. The Kier molecular flexibility index (Phi) is 4.61. The molecule has 4 rings (SSSR count). The molecule has 0 saturated carbocycles. The summed E-state index contributed by atoms with van der Waals surface area (Å²) in [5, 5.41) is 7.90. The molecule has 0 spiro atoms. The Balaban J connectivity index is 1.66. The first kappa shape index (κ1) is 16.9. The van der Waals surface area contributed by atoms with Gasteiger partial charge in [0.15, 0.2) is 5.76 Å². The van der Waals surface area contributed by atoms with Crippen molar-refractivity contribution in [2.75, 3.05) is 5.32 Å². The lowest BCUT2D eigenvalue weighted by Crippen LogP contribution is -2.16. The summed E-state index contributed by atoms with van der Waals surface area (Å²) in [4.78, 5) is 12.9. The topological polar surface area (TPSA) is 69.3 Å². The number of aryl methyl sites for hydroxylation is 1. The first-order valence-electron chi connectivity index (χ1n) is 8.77. The number of fused-ring (bicyclic) bond motifs is 1. The molecular formula is C21H19N3O3. The minimum Gasteiger partial charge on any atom is -0.489 e. The van der Waals surface area contributed by atoms with Gasteiger partial charge in [-0.3, -0.25) is 4.79 Å². The molecule has 2 heterocycles. The van der Waals surface area contributed by atoms with E-state index in [4.69, 9.17) is 9.15 Å². The van der Waals surface area contributed by atoms with Gasteiger partial charge in [-0.05, 0) is 25.1 Å². The Hall–Kier alpha value is -3.54. The number of carbonyl (C=O) groups excluding carboxylic acids is 1. The molecule has 0 atom stereocenters. The summed E-state index contributed by atoms with van der Waals surface area (Å²) in [7, 11) is 0. The Bertz CT molecular complexity index is 1070. The zero-order valence-corrected chi connectivity index (χ0v) is 14.9. The van der Waals surface area contributed by atoms with Crippen molar-refractivity contribution in [3.63, 3.8) is 0 Å². The lowest BCUT2D eigenvalue weighted by atomic mass is 10.1. The number of amides is 1. The monoisotopic (exact) mass is 361 g/mol. The lowest BCUT2D eigenvalue weighted by Gasteiger charge is -2.08. The Labute approximate surface area is 156 Å². The summed E-state index contributed by atoms with van der Waals surface area (Å²) >= 11 is 0. The van der Waals surface area contributed by atoms with Crippen LogP contribution in [0.15, 0.2) is 71.3 Å². The predicted octanol–water partition coefficient (Wildman–Crippen LogP) is 4.48. The molecule has 136 valence electrons. The molecule has 0 aliphatic rings. The molecule has 6 heteroatoms. The van der Waals surface area contributed by atoms with E-state index in [1.165, 1.54) is 0 Å². The van der Waals surface area contributed by atoms with Crippen LogP contribution in [0.25, 0.3) is 11.0 Å². The number of nitrogens with zero attached hydrogens (tertiary/aromatic N) is 2. The minimum absolute atomic E-state index is 0.233. The van der Waals surface area contributed by atoms with Crippen LogP contribution in [0.3, 0.4) is 0 Å². The number of rotatable bonds is 6. The largest absolute Gasteiger partial charge is 0.489 e.